The summed E-state index contributed by atoms with van der Waals surface area (Å²) in [5, 5.41) is 11.9. The minimum atomic E-state index is -0.218. The fraction of sp³-hybridized carbons (Fsp3) is 0.462. The van der Waals surface area contributed by atoms with Crippen LogP contribution in [0.1, 0.15) is 24.2 Å². The fourth-order valence-electron chi connectivity index (χ4n) is 1.42. The molecule has 1 rings (SSSR count). The van der Waals surface area contributed by atoms with Crippen LogP contribution < -0.4 is 10.1 Å². The van der Waals surface area contributed by atoms with E-state index in [1.54, 1.807) is 31.4 Å². The number of ether oxygens (including phenoxy) is 1. The molecule has 1 aromatic rings. The summed E-state index contributed by atoms with van der Waals surface area (Å²) in [5.74, 6) is 0.728. The molecule has 4 nitrogen and oxygen atoms in total. The van der Waals surface area contributed by atoms with Crippen LogP contribution in [-0.2, 0) is 0 Å². The van der Waals surface area contributed by atoms with Gasteiger partial charge >= 0.3 is 0 Å². The molecule has 0 fully saturated rings. The number of nitrogens with one attached hydrogen (secondary N) is 1. The molecule has 0 bridgehead atoms. The second-order valence-electron chi connectivity index (χ2n) is 4.24. The van der Waals surface area contributed by atoms with E-state index in [0.29, 0.717) is 11.3 Å². The van der Waals surface area contributed by atoms with Crippen molar-refractivity contribution < 1.29 is 14.6 Å². The highest BCUT2D eigenvalue weighted by Crippen LogP contribution is 2.11. The van der Waals surface area contributed by atoms with E-state index in [9.17, 15) is 4.79 Å². The fourth-order valence-corrected chi connectivity index (χ4v) is 1.42. The van der Waals surface area contributed by atoms with Crippen LogP contribution in [-0.4, -0.2) is 30.8 Å². The number of aliphatic hydroxyl groups is 1. The molecule has 1 atom stereocenters. The molecule has 94 valence electrons. The highest BCUT2D eigenvalue weighted by Gasteiger charge is 2.15. The largest absolute Gasteiger partial charge is 0.497 e. The lowest BCUT2D eigenvalue weighted by Gasteiger charge is -2.19. The summed E-state index contributed by atoms with van der Waals surface area (Å²) in [6, 6.07) is 6.65. The van der Waals surface area contributed by atoms with E-state index in [-0.39, 0.29) is 24.5 Å². The normalized spacial score (nSPS) is 12.3. The Balaban J connectivity index is 2.68. The Morgan fingerprint density at radius 3 is 2.35 bits per heavy atom. The molecule has 0 aliphatic rings. The summed E-state index contributed by atoms with van der Waals surface area (Å²) in [6.45, 7) is 3.85. The molecule has 17 heavy (non-hydrogen) atoms. The lowest BCUT2D eigenvalue weighted by molar-refractivity contribution is 0.0897. The van der Waals surface area contributed by atoms with Gasteiger partial charge in [-0.05, 0) is 30.2 Å². The van der Waals surface area contributed by atoms with Crippen LogP contribution in [0.15, 0.2) is 24.3 Å². The monoisotopic (exact) mass is 237 g/mol. The molecule has 0 aromatic heterocycles. The summed E-state index contributed by atoms with van der Waals surface area (Å²) in [4.78, 5) is 11.9. The van der Waals surface area contributed by atoms with Crippen molar-refractivity contribution in [1.29, 1.82) is 0 Å². The molecular formula is C13H19NO3. The maximum atomic E-state index is 11.9. The number of carbonyl (C=O) groups is 1. The van der Waals surface area contributed by atoms with E-state index in [1.807, 2.05) is 13.8 Å². The third kappa shape index (κ3) is 3.75. The first-order chi connectivity index (χ1) is 8.08. The maximum absolute atomic E-state index is 11.9. The smallest absolute Gasteiger partial charge is 0.251 e. The first-order valence-corrected chi connectivity index (χ1v) is 5.64. The van der Waals surface area contributed by atoms with E-state index in [1.165, 1.54) is 0 Å². The lowest BCUT2D eigenvalue weighted by Crippen LogP contribution is -2.41. The number of amides is 1. The highest BCUT2D eigenvalue weighted by atomic mass is 16.5. The molecule has 0 saturated carbocycles. The summed E-state index contributed by atoms with van der Waals surface area (Å²) in [7, 11) is 1.58. The van der Waals surface area contributed by atoms with E-state index >= 15 is 0 Å². The van der Waals surface area contributed by atoms with Gasteiger partial charge in [0.1, 0.15) is 5.75 Å². The minimum Gasteiger partial charge on any atom is -0.497 e. The highest BCUT2D eigenvalue weighted by molar-refractivity contribution is 5.94. The Bertz CT molecular complexity index is 359. The Labute approximate surface area is 102 Å². The van der Waals surface area contributed by atoms with Gasteiger partial charge in [0.25, 0.3) is 5.91 Å². The van der Waals surface area contributed by atoms with Crippen LogP contribution in [0.25, 0.3) is 0 Å². The van der Waals surface area contributed by atoms with E-state index in [2.05, 4.69) is 5.32 Å². The van der Waals surface area contributed by atoms with Crippen LogP contribution in [0.4, 0.5) is 0 Å². The van der Waals surface area contributed by atoms with Crippen LogP contribution in [0.5, 0.6) is 5.75 Å². The summed E-state index contributed by atoms with van der Waals surface area (Å²) in [6.07, 6.45) is 0. The second-order valence-corrected chi connectivity index (χ2v) is 4.24. The maximum Gasteiger partial charge on any atom is 0.251 e. The lowest BCUT2D eigenvalue weighted by atomic mass is 10.0. The molecule has 0 heterocycles. The Morgan fingerprint density at radius 1 is 1.35 bits per heavy atom. The van der Waals surface area contributed by atoms with Gasteiger partial charge in [0.2, 0.25) is 0 Å². The van der Waals surface area contributed by atoms with Crippen molar-refractivity contribution in [3.63, 3.8) is 0 Å². The van der Waals surface area contributed by atoms with Crippen molar-refractivity contribution in [2.45, 2.75) is 19.9 Å². The molecule has 0 saturated heterocycles. The molecule has 0 spiro atoms. The molecule has 0 aliphatic heterocycles. The van der Waals surface area contributed by atoms with Crippen LogP contribution in [0.3, 0.4) is 0 Å². The molecule has 1 aromatic carbocycles. The van der Waals surface area contributed by atoms with Crippen LogP contribution in [0.2, 0.25) is 0 Å². The van der Waals surface area contributed by atoms with E-state index < -0.39 is 0 Å². The molecule has 0 radical (unpaired) electrons. The first kappa shape index (κ1) is 13.5. The van der Waals surface area contributed by atoms with Crippen molar-refractivity contribution in [2.24, 2.45) is 5.92 Å². The van der Waals surface area contributed by atoms with Crippen molar-refractivity contribution in [3.8, 4) is 5.75 Å². The summed E-state index contributed by atoms with van der Waals surface area (Å²) >= 11 is 0. The van der Waals surface area contributed by atoms with Gasteiger partial charge in [-0.1, -0.05) is 13.8 Å². The third-order valence-electron chi connectivity index (χ3n) is 2.67. The SMILES string of the molecule is COc1ccc(C(=O)N[C@H](CO)C(C)C)cc1. The topological polar surface area (TPSA) is 58.6 Å². The first-order valence-electron chi connectivity index (χ1n) is 5.64. The van der Waals surface area contributed by atoms with Gasteiger partial charge in [0.15, 0.2) is 0 Å². The van der Waals surface area contributed by atoms with E-state index in [4.69, 9.17) is 9.84 Å². The number of carbonyl (C=O) groups excluding carboxylic acids is 1. The molecular weight excluding hydrogens is 218 g/mol. The molecule has 0 unspecified atom stereocenters. The van der Waals surface area contributed by atoms with Gasteiger partial charge in [-0.25, -0.2) is 0 Å². The van der Waals surface area contributed by atoms with Crippen LogP contribution in [0, 0.1) is 5.92 Å². The predicted molar refractivity (Wildman–Crippen MR) is 66.2 cm³/mol. The Hall–Kier alpha value is -1.55. The van der Waals surface area contributed by atoms with Crippen molar-refractivity contribution >= 4 is 5.91 Å². The average Bonchev–Trinajstić information content (AvgIpc) is 2.35. The molecule has 2 N–H and O–H groups in total. The molecule has 4 heteroatoms. The number of hydrogen-bond donors (Lipinski definition) is 2. The van der Waals surface area contributed by atoms with Gasteiger partial charge in [0, 0.05) is 5.56 Å². The number of hydrogen-bond acceptors (Lipinski definition) is 3. The molecule has 0 aliphatic carbocycles. The Morgan fingerprint density at radius 2 is 1.94 bits per heavy atom. The average molecular weight is 237 g/mol. The number of methoxy groups -OCH3 is 1. The Kier molecular flexibility index (Phi) is 4.97. The zero-order valence-corrected chi connectivity index (χ0v) is 10.4. The molecule has 1 amide bonds. The number of benzene rings is 1. The number of aliphatic hydroxyl groups excluding tert-OH is 1. The van der Waals surface area contributed by atoms with Crippen molar-refractivity contribution in [2.75, 3.05) is 13.7 Å². The van der Waals surface area contributed by atoms with Gasteiger partial charge in [-0.3, -0.25) is 4.79 Å². The standard InChI is InChI=1S/C13H19NO3/c1-9(2)12(8-15)14-13(16)10-4-6-11(17-3)7-5-10/h4-7,9,12,15H,8H2,1-3H3,(H,14,16)/t12-/m1/s1. The predicted octanol–water partition coefficient (Wildman–Crippen LogP) is 1.44. The van der Waals surface area contributed by atoms with E-state index in [0.717, 1.165) is 0 Å². The van der Waals surface area contributed by atoms with Gasteiger partial charge in [-0.2, -0.15) is 0 Å². The summed E-state index contributed by atoms with van der Waals surface area (Å²) < 4.78 is 5.02. The van der Waals surface area contributed by atoms with Crippen LogP contribution >= 0.6 is 0 Å². The summed E-state index contributed by atoms with van der Waals surface area (Å²) in [5.41, 5.74) is 0.560. The van der Waals surface area contributed by atoms with Crippen molar-refractivity contribution in [1.82, 2.24) is 5.32 Å². The quantitative estimate of drug-likeness (QED) is 0.814. The van der Waals surface area contributed by atoms with Gasteiger partial charge in [0.05, 0.1) is 19.8 Å². The van der Waals surface area contributed by atoms with Gasteiger partial charge in [-0.15, -0.1) is 0 Å². The minimum absolute atomic E-state index is 0.0560. The van der Waals surface area contributed by atoms with Gasteiger partial charge < -0.3 is 15.2 Å². The second kappa shape index (κ2) is 6.25. The zero-order chi connectivity index (χ0) is 12.8. The third-order valence-corrected chi connectivity index (χ3v) is 2.67. The zero-order valence-electron chi connectivity index (χ0n) is 10.4. The number of rotatable bonds is 5. The van der Waals surface area contributed by atoms with Crippen molar-refractivity contribution in [3.05, 3.63) is 29.8 Å².